The van der Waals surface area contributed by atoms with Gasteiger partial charge in [-0.25, -0.2) is 12.8 Å². The number of benzene rings is 4. The molecule has 8 nitrogen and oxygen atoms in total. The molecule has 0 saturated heterocycles. The SMILES string of the molecule is CCOc1ccc(S(=O)(=O)N(CC(=O)N(Cc2cccc(Br)c2)[C@@H](Cc2ccccc2)C(=O)N[C@H](C)CC)c2ccc(F)cc2)cc1. The van der Waals surface area contributed by atoms with Crippen LogP contribution in [0.25, 0.3) is 0 Å². The van der Waals surface area contributed by atoms with Crippen molar-refractivity contribution >= 4 is 43.5 Å². The van der Waals surface area contributed by atoms with Crippen LogP contribution < -0.4 is 14.4 Å². The Labute approximate surface area is 284 Å². The number of sulfonamides is 1. The van der Waals surface area contributed by atoms with Gasteiger partial charge in [-0.2, -0.15) is 0 Å². The number of nitrogens with zero attached hydrogens (tertiary/aromatic N) is 2. The number of anilines is 1. The standard InChI is InChI=1S/C36H39BrFN3O5S/c1-4-26(3)39-36(43)34(23-27-10-7-6-8-11-27)40(24-28-12-9-13-29(37)22-28)35(42)25-41(31-16-14-30(38)15-17-31)47(44,45)33-20-18-32(19-21-33)46-5-2/h6-22,26,34H,4-5,23-25H2,1-3H3,(H,39,43)/t26-,34+/m1/s1. The first-order valence-corrected chi connectivity index (χ1v) is 17.6. The number of hydrogen-bond acceptors (Lipinski definition) is 5. The molecule has 0 aromatic heterocycles. The van der Waals surface area contributed by atoms with Crippen molar-refractivity contribution in [3.8, 4) is 5.75 Å². The van der Waals surface area contributed by atoms with E-state index in [1.807, 2.05) is 75.4 Å². The molecule has 4 aromatic rings. The molecule has 11 heteroatoms. The Kier molecular flexibility index (Phi) is 12.6. The highest BCUT2D eigenvalue weighted by Crippen LogP contribution is 2.27. The molecule has 0 aliphatic carbocycles. The third kappa shape index (κ3) is 9.65. The number of carbonyl (C=O) groups excluding carboxylic acids is 2. The summed E-state index contributed by atoms with van der Waals surface area (Å²) < 4.78 is 49.5. The van der Waals surface area contributed by atoms with E-state index < -0.39 is 34.3 Å². The van der Waals surface area contributed by atoms with Crippen LogP contribution in [0.3, 0.4) is 0 Å². The number of ether oxygens (including phenoxy) is 1. The normalized spacial score (nSPS) is 12.5. The number of halogens is 2. The molecular weight excluding hydrogens is 685 g/mol. The molecular formula is C36H39BrFN3O5S. The number of rotatable bonds is 15. The van der Waals surface area contributed by atoms with Gasteiger partial charge >= 0.3 is 0 Å². The summed E-state index contributed by atoms with van der Waals surface area (Å²) in [6.45, 7) is 5.46. The molecule has 2 amide bonds. The van der Waals surface area contributed by atoms with Crippen molar-refractivity contribution in [2.24, 2.45) is 0 Å². The van der Waals surface area contributed by atoms with Gasteiger partial charge in [-0.15, -0.1) is 0 Å². The highest BCUT2D eigenvalue weighted by Gasteiger charge is 2.35. The number of amides is 2. The van der Waals surface area contributed by atoms with E-state index in [-0.39, 0.29) is 35.5 Å². The van der Waals surface area contributed by atoms with Crippen molar-refractivity contribution in [3.05, 3.63) is 125 Å². The van der Waals surface area contributed by atoms with Gasteiger partial charge in [-0.05, 0) is 92.1 Å². The van der Waals surface area contributed by atoms with Gasteiger partial charge < -0.3 is 15.0 Å². The molecule has 0 unspecified atom stereocenters. The van der Waals surface area contributed by atoms with E-state index in [0.29, 0.717) is 18.8 Å². The first kappa shape index (κ1) is 35.6. The second-order valence-corrected chi connectivity index (χ2v) is 13.8. The summed E-state index contributed by atoms with van der Waals surface area (Å²) in [5.74, 6) is -1.02. The Balaban J connectivity index is 1.80. The predicted octanol–water partition coefficient (Wildman–Crippen LogP) is 6.74. The van der Waals surface area contributed by atoms with Crippen LogP contribution in [0.2, 0.25) is 0 Å². The van der Waals surface area contributed by atoms with E-state index >= 15 is 0 Å². The monoisotopic (exact) mass is 723 g/mol. The third-order valence-corrected chi connectivity index (χ3v) is 9.91. The van der Waals surface area contributed by atoms with Gasteiger partial charge in [0.1, 0.15) is 24.2 Å². The van der Waals surface area contributed by atoms with E-state index in [1.54, 1.807) is 0 Å². The zero-order valence-corrected chi connectivity index (χ0v) is 29.0. The van der Waals surface area contributed by atoms with Crippen LogP contribution in [0, 0.1) is 5.82 Å². The Morgan fingerprint density at radius 1 is 0.894 bits per heavy atom. The molecule has 0 aliphatic rings. The summed E-state index contributed by atoms with van der Waals surface area (Å²) in [5.41, 5.74) is 1.67. The molecule has 4 aromatic carbocycles. The molecule has 0 saturated carbocycles. The van der Waals surface area contributed by atoms with E-state index in [4.69, 9.17) is 4.74 Å². The Morgan fingerprint density at radius 3 is 2.17 bits per heavy atom. The lowest BCUT2D eigenvalue weighted by molar-refractivity contribution is -0.140. The second kappa shape index (κ2) is 16.6. The lowest BCUT2D eigenvalue weighted by Gasteiger charge is -2.34. The Bertz CT molecular complexity index is 1740. The van der Waals surface area contributed by atoms with Gasteiger partial charge in [-0.1, -0.05) is 65.3 Å². The largest absolute Gasteiger partial charge is 0.494 e. The van der Waals surface area contributed by atoms with Gasteiger partial charge in [0.15, 0.2) is 0 Å². The van der Waals surface area contributed by atoms with Crippen molar-refractivity contribution in [1.29, 1.82) is 0 Å². The van der Waals surface area contributed by atoms with Crippen molar-refractivity contribution < 1.29 is 27.1 Å². The fourth-order valence-electron chi connectivity index (χ4n) is 4.96. The molecule has 1 N–H and O–H groups in total. The summed E-state index contributed by atoms with van der Waals surface area (Å²) in [7, 11) is -4.33. The number of nitrogens with one attached hydrogen (secondary N) is 1. The van der Waals surface area contributed by atoms with Crippen LogP contribution in [0.4, 0.5) is 10.1 Å². The van der Waals surface area contributed by atoms with Gasteiger partial charge in [0.25, 0.3) is 10.0 Å². The molecule has 4 rings (SSSR count). The van der Waals surface area contributed by atoms with Crippen LogP contribution >= 0.6 is 15.9 Å². The Hall–Kier alpha value is -4.22. The van der Waals surface area contributed by atoms with Gasteiger partial charge in [0, 0.05) is 23.5 Å². The molecule has 0 bridgehead atoms. The zero-order chi connectivity index (χ0) is 34.0. The highest BCUT2D eigenvalue weighted by molar-refractivity contribution is 9.10. The zero-order valence-electron chi connectivity index (χ0n) is 26.6. The summed E-state index contributed by atoms with van der Waals surface area (Å²) >= 11 is 3.48. The maximum Gasteiger partial charge on any atom is 0.264 e. The van der Waals surface area contributed by atoms with E-state index in [9.17, 15) is 22.4 Å². The van der Waals surface area contributed by atoms with Crippen molar-refractivity contribution in [1.82, 2.24) is 10.2 Å². The van der Waals surface area contributed by atoms with Crippen molar-refractivity contribution in [2.75, 3.05) is 17.5 Å². The molecule has 0 aliphatic heterocycles. The topological polar surface area (TPSA) is 96.0 Å². The minimum atomic E-state index is -4.33. The lowest BCUT2D eigenvalue weighted by Crippen LogP contribution is -2.54. The minimum Gasteiger partial charge on any atom is -0.494 e. The van der Waals surface area contributed by atoms with Crippen LogP contribution in [0.1, 0.15) is 38.3 Å². The van der Waals surface area contributed by atoms with Crippen LogP contribution in [0.5, 0.6) is 5.75 Å². The van der Waals surface area contributed by atoms with Crippen LogP contribution in [-0.4, -0.2) is 50.4 Å². The van der Waals surface area contributed by atoms with Crippen LogP contribution in [-0.2, 0) is 32.6 Å². The molecule has 0 spiro atoms. The van der Waals surface area contributed by atoms with Gasteiger partial charge in [-0.3, -0.25) is 13.9 Å². The van der Waals surface area contributed by atoms with E-state index in [0.717, 1.165) is 32.0 Å². The smallest absolute Gasteiger partial charge is 0.264 e. The molecule has 248 valence electrons. The fraction of sp³-hybridized carbons (Fsp3) is 0.278. The molecule has 47 heavy (non-hydrogen) atoms. The summed E-state index contributed by atoms with van der Waals surface area (Å²) in [5, 5.41) is 3.02. The third-order valence-electron chi connectivity index (χ3n) is 7.63. The quantitative estimate of drug-likeness (QED) is 0.147. The first-order chi connectivity index (χ1) is 22.5. The number of hydrogen-bond donors (Lipinski definition) is 1. The maximum atomic E-state index is 14.5. The van der Waals surface area contributed by atoms with E-state index in [1.165, 1.54) is 41.3 Å². The second-order valence-electron chi connectivity index (χ2n) is 11.1. The minimum absolute atomic E-state index is 0.0318. The maximum absolute atomic E-state index is 14.5. The molecule has 0 fully saturated rings. The van der Waals surface area contributed by atoms with Crippen LogP contribution in [0.15, 0.2) is 112 Å². The van der Waals surface area contributed by atoms with Crippen molar-refractivity contribution in [3.63, 3.8) is 0 Å². The summed E-state index contributed by atoms with van der Waals surface area (Å²) in [4.78, 5) is 29.8. The first-order valence-electron chi connectivity index (χ1n) is 15.4. The fourth-order valence-corrected chi connectivity index (χ4v) is 6.83. The average Bonchev–Trinajstić information content (AvgIpc) is 3.06. The van der Waals surface area contributed by atoms with Gasteiger partial charge in [0.05, 0.1) is 17.2 Å². The molecule has 0 heterocycles. The number of carbonyl (C=O) groups is 2. The summed E-state index contributed by atoms with van der Waals surface area (Å²) in [6.07, 6.45) is 0.882. The lowest BCUT2D eigenvalue weighted by atomic mass is 10.0. The summed E-state index contributed by atoms with van der Waals surface area (Å²) in [6, 6.07) is 26.4. The predicted molar refractivity (Wildman–Crippen MR) is 185 cm³/mol. The molecule has 2 atom stereocenters. The van der Waals surface area contributed by atoms with E-state index in [2.05, 4.69) is 21.2 Å². The highest BCUT2D eigenvalue weighted by atomic mass is 79.9. The molecule has 0 radical (unpaired) electrons. The Morgan fingerprint density at radius 2 is 1.55 bits per heavy atom. The average molecular weight is 725 g/mol. The van der Waals surface area contributed by atoms with Gasteiger partial charge in [0.2, 0.25) is 11.8 Å². The van der Waals surface area contributed by atoms with Crippen molar-refractivity contribution in [2.45, 2.75) is 57.1 Å².